The van der Waals surface area contributed by atoms with Crippen LogP contribution in [0.1, 0.15) is 11.1 Å². The Kier molecular flexibility index (Phi) is 7.41. The second-order valence-electron chi connectivity index (χ2n) is 9.01. The lowest BCUT2D eigenvalue weighted by Crippen LogP contribution is -2.28. The Morgan fingerprint density at radius 1 is 0.946 bits per heavy atom. The lowest BCUT2D eigenvalue weighted by atomic mass is 10.1. The zero-order valence-corrected chi connectivity index (χ0v) is 21.8. The Hall–Kier alpha value is -4.42. The molecular formula is C28H29N6O2S+. The fourth-order valence-corrected chi connectivity index (χ4v) is 5.37. The Bertz CT molecular complexity index is 1570. The molecule has 0 bridgehead atoms. The Balaban J connectivity index is 1.49. The normalized spacial score (nSPS) is 11.1. The number of amidine groups is 1. The average molecular weight is 514 g/mol. The summed E-state index contributed by atoms with van der Waals surface area (Å²) in [5.74, 6) is 0.189. The molecule has 0 aliphatic heterocycles. The minimum atomic E-state index is -3.84. The number of fused-ring (bicyclic) bond motifs is 1. The molecule has 0 fully saturated rings. The van der Waals surface area contributed by atoms with Crippen LogP contribution < -0.4 is 14.2 Å². The summed E-state index contributed by atoms with van der Waals surface area (Å²) in [7, 11) is 1.92. The molecule has 4 aromatic rings. The first kappa shape index (κ1) is 25.7. The zero-order chi connectivity index (χ0) is 26.6. The third-order valence-electron chi connectivity index (χ3n) is 6.04. The molecule has 0 spiro atoms. The fourth-order valence-electron chi connectivity index (χ4n) is 4.09. The number of anilines is 2. The van der Waals surface area contributed by atoms with E-state index >= 15 is 0 Å². The topological polar surface area (TPSA) is 104 Å². The first-order chi connectivity index (χ1) is 17.7. The first-order valence-electron chi connectivity index (χ1n) is 11.7. The summed E-state index contributed by atoms with van der Waals surface area (Å²) in [6.45, 7) is 0.222. The van der Waals surface area contributed by atoms with Crippen LogP contribution in [-0.4, -0.2) is 33.2 Å². The van der Waals surface area contributed by atoms with Crippen LogP contribution in [0.15, 0.2) is 90.1 Å². The summed E-state index contributed by atoms with van der Waals surface area (Å²) in [6.07, 6.45) is 6.22. The monoisotopic (exact) mass is 513 g/mol. The van der Waals surface area contributed by atoms with Crippen molar-refractivity contribution in [3.8, 4) is 6.19 Å². The number of pyridine rings is 1. The van der Waals surface area contributed by atoms with Gasteiger partial charge < -0.3 is 4.90 Å². The summed E-state index contributed by atoms with van der Waals surface area (Å²) in [5.41, 5.74) is 3.08. The molecule has 0 atom stereocenters. The number of nitrogens with one attached hydrogen (secondary N) is 2. The highest BCUT2D eigenvalue weighted by Gasteiger charge is 2.19. The molecule has 0 unspecified atom stereocenters. The van der Waals surface area contributed by atoms with Crippen LogP contribution in [0.25, 0.3) is 10.8 Å². The lowest BCUT2D eigenvalue weighted by molar-refractivity contribution is -0.671. The molecule has 188 valence electrons. The van der Waals surface area contributed by atoms with E-state index in [2.05, 4.69) is 10.9 Å². The number of rotatable bonds is 8. The van der Waals surface area contributed by atoms with Crippen molar-refractivity contribution in [1.82, 2.24) is 4.90 Å². The molecule has 0 aliphatic carbocycles. The number of aromatic nitrogens is 1. The van der Waals surface area contributed by atoms with Gasteiger partial charge in [-0.25, -0.2) is 13.0 Å². The van der Waals surface area contributed by atoms with E-state index in [9.17, 15) is 13.7 Å². The van der Waals surface area contributed by atoms with Gasteiger partial charge in [-0.3, -0.25) is 15.0 Å². The zero-order valence-electron chi connectivity index (χ0n) is 21.0. The molecule has 8 nitrogen and oxygen atoms in total. The maximum absolute atomic E-state index is 13.3. The smallest absolute Gasteiger partial charge is 0.262 e. The summed E-state index contributed by atoms with van der Waals surface area (Å²) < 4.78 is 31.1. The first-order valence-corrected chi connectivity index (χ1v) is 13.2. The van der Waals surface area contributed by atoms with Gasteiger partial charge in [0.15, 0.2) is 18.6 Å². The lowest BCUT2D eigenvalue weighted by Gasteiger charge is -2.18. The van der Waals surface area contributed by atoms with Crippen LogP contribution in [0.2, 0.25) is 0 Å². The molecule has 9 heteroatoms. The number of nitriles is 1. The van der Waals surface area contributed by atoms with Crippen LogP contribution in [0.3, 0.4) is 0 Å². The molecule has 0 amide bonds. The van der Waals surface area contributed by atoms with Crippen molar-refractivity contribution in [3.05, 3.63) is 96.3 Å². The molecule has 2 N–H and O–H groups in total. The summed E-state index contributed by atoms with van der Waals surface area (Å²) >= 11 is 0. The van der Waals surface area contributed by atoms with E-state index in [1.54, 1.807) is 42.5 Å². The number of benzene rings is 3. The standard InChI is InChI=1S/C28H29N6O2S/c1-32(2)26-8-4-7-25-24(26)6-5-9-27(25)37(35,36)31-23-12-10-22(11-13-23)19-34(20-29)28(30)18-21-14-16-33(3)17-15-21/h4-17,30-31H,18-19H2,1-3H3/q+1. The number of nitrogens with zero attached hydrogens (tertiary/aromatic N) is 4. The Morgan fingerprint density at radius 2 is 1.59 bits per heavy atom. The summed E-state index contributed by atoms with van der Waals surface area (Å²) in [4.78, 5) is 3.48. The third-order valence-corrected chi connectivity index (χ3v) is 7.48. The van der Waals surface area contributed by atoms with Gasteiger partial charge in [-0.05, 0) is 35.4 Å². The third kappa shape index (κ3) is 5.88. The molecule has 0 radical (unpaired) electrons. The molecular weight excluding hydrogens is 484 g/mol. The maximum atomic E-state index is 13.3. The van der Waals surface area contributed by atoms with Gasteiger partial charge in [-0.1, -0.05) is 36.4 Å². The van der Waals surface area contributed by atoms with Gasteiger partial charge >= 0.3 is 0 Å². The minimum absolute atomic E-state index is 0.189. The van der Waals surface area contributed by atoms with Crippen molar-refractivity contribution in [2.24, 2.45) is 7.05 Å². The number of aryl methyl sites for hydroxylation is 1. The molecule has 0 saturated carbocycles. The Morgan fingerprint density at radius 3 is 2.24 bits per heavy atom. The van der Waals surface area contributed by atoms with E-state index in [-0.39, 0.29) is 17.3 Å². The van der Waals surface area contributed by atoms with E-state index in [1.165, 1.54) is 4.90 Å². The Labute approximate surface area is 217 Å². The SMILES string of the molecule is CN(C)c1cccc2c(S(=O)(=O)Nc3ccc(CN(C#N)C(=N)Cc4cc[n+](C)cc4)cc3)cccc12. The molecule has 37 heavy (non-hydrogen) atoms. The molecule has 0 aliphatic rings. The van der Waals surface area contributed by atoms with Crippen molar-refractivity contribution >= 4 is 38.0 Å². The number of hydrogen-bond acceptors (Lipinski definition) is 5. The van der Waals surface area contributed by atoms with Crippen molar-refractivity contribution in [1.29, 1.82) is 10.7 Å². The van der Waals surface area contributed by atoms with Crippen LogP contribution >= 0.6 is 0 Å². The van der Waals surface area contributed by atoms with Gasteiger partial charge in [-0.15, -0.1) is 0 Å². The van der Waals surface area contributed by atoms with Crippen LogP contribution in [-0.2, 0) is 30.0 Å². The van der Waals surface area contributed by atoms with Gasteiger partial charge in [-0.2, -0.15) is 5.26 Å². The van der Waals surface area contributed by atoms with Crippen LogP contribution in [0, 0.1) is 16.9 Å². The van der Waals surface area contributed by atoms with Gasteiger partial charge in [0.1, 0.15) is 12.9 Å². The quantitative estimate of drug-likeness (QED) is 0.122. The van der Waals surface area contributed by atoms with Gasteiger partial charge in [0.2, 0.25) is 0 Å². The van der Waals surface area contributed by atoms with Gasteiger partial charge in [0, 0.05) is 54.8 Å². The molecule has 1 aromatic heterocycles. The predicted octanol–water partition coefficient (Wildman–Crippen LogP) is 4.03. The highest BCUT2D eigenvalue weighted by atomic mass is 32.2. The van der Waals surface area contributed by atoms with Crippen LogP contribution in [0.5, 0.6) is 0 Å². The second-order valence-corrected chi connectivity index (χ2v) is 10.7. The summed E-state index contributed by atoms with van der Waals surface area (Å²) in [5, 5.41) is 19.4. The van der Waals surface area contributed by atoms with E-state index in [4.69, 9.17) is 5.41 Å². The number of hydrogen-bond donors (Lipinski definition) is 2. The molecule has 0 saturated heterocycles. The maximum Gasteiger partial charge on any atom is 0.262 e. The van der Waals surface area contributed by atoms with E-state index in [0.717, 1.165) is 22.2 Å². The van der Waals surface area contributed by atoms with Crippen molar-refractivity contribution in [2.45, 2.75) is 17.9 Å². The predicted molar refractivity (Wildman–Crippen MR) is 146 cm³/mol. The van der Waals surface area contributed by atoms with Gasteiger partial charge in [0.05, 0.1) is 11.4 Å². The number of sulfonamides is 1. The van der Waals surface area contributed by atoms with Crippen molar-refractivity contribution in [2.75, 3.05) is 23.7 Å². The van der Waals surface area contributed by atoms with E-state index in [1.807, 2.05) is 73.3 Å². The van der Waals surface area contributed by atoms with E-state index in [0.29, 0.717) is 17.5 Å². The summed E-state index contributed by atoms with van der Waals surface area (Å²) in [6, 6.07) is 21.5. The highest BCUT2D eigenvalue weighted by Crippen LogP contribution is 2.31. The second kappa shape index (κ2) is 10.7. The molecule has 1 heterocycles. The largest absolute Gasteiger partial charge is 0.377 e. The van der Waals surface area contributed by atoms with Crippen LogP contribution in [0.4, 0.5) is 11.4 Å². The van der Waals surface area contributed by atoms with E-state index < -0.39 is 10.0 Å². The fraction of sp³-hybridized carbons (Fsp3) is 0.179. The highest BCUT2D eigenvalue weighted by molar-refractivity contribution is 7.93. The van der Waals surface area contributed by atoms with Crippen molar-refractivity contribution in [3.63, 3.8) is 0 Å². The molecule has 3 aromatic carbocycles. The van der Waals surface area contributed by atoms with Gasteiger partial charge in [0.25, 0.3) is 10.0 Å². The average Bonchev–Trinajstić information content (AvgIpc) is 2.88. The minimum Gasteiger partial charge on any atom is -0.377 e. The molecule has 4 rings (SSSR count). The van der Waals surface area contributed by atoms with Crippen molar-refractivity contribution < 1.29 is 13.0 Å².